The van der Waals surface area contributed by atoms with Crippen molar-refractivity contribution in [2.75, 3.05) is 0 Å². The minimum Gasteiger partial charge on any atom is -0.155 e. The maximum Gasteiger partial charge on any atom is 0.0936 e. The summed E-state index contributed by atoms with van der Waals surface area (Å²) in [6.45, 7) is 1.92. The number of hydrogen-bond acceptors (Lipinski definition) is 2. The maximum absolute atomic E-state index is 4.07. The molecular formula is C11H9N2. The van der Waals surface area contributed by atoms with Gasteiger partial charge in [-0.1, -0.05) is 24.3 Å². The van der Waals surface area contributed by atoms with Gasteiger partial charge in [0.1, 0.15) is 0 Å². The van der Waals surface area contributed by atoms with E-state index in [0.717, 1.165) is 17.0 Å². The summed E-state index contributed by atoms with van der Waals surface area (Å²) in [4.78, 5) is 0. The summed E-state index contributed by atoms with van der Waals surface area (Å²) in [5.74, 6) is 0. The van der Waals surface area contributed by atoms with Crippen LogP contribution >= 0.6 is 0 Å². The Morgan fingerprint density at radius 3 is 2.62 bits per heavy atom. The van der Waals surface area contributed by atoms with Crippen molar-refractivity contribution in [2.45, 2.75) is 6.92 Å². The van der Waals surface area contributed by atoms with E-state index < -0.39 is 0 Å². The van der Waals surface area contributed by atoms with Gasteiger partial charge < -0.3 is 0 Å². The Morgan fingerprint density at radius 2 is 2.00 bits per heavy atom. The average molecular weight is 169 g/mol. The van der Waals surface area contributed by atoms with Crippen LogP contribution in [0.25, 0.3) is 11.3 Å². The predicted molar refractivity (Wildman–Crippen MR) is 51.0 cm³/mol. The lowest BCUT2D eigenvalue weighted by Gasteiger charge is -1.97. The van der Waals surface area contributed by atoms with E-state index in [9.17, 15) is 0 Å². The normalized spacial score (nSPS) is 9.92. The molecule has 2 aromatic rings. The average Bonchev–Trinajstić information content (AvgIpc) is 2.20. The van der Waals surface area contributed by atoms with Crippen molar-refractivity contribution in [1.82, 2.24) is 10.2 Å². The Morgan fingerprint density at radius 1 is 1.08 bits per heavy atom. The third-order valence-electron chi connectivity index (χ3n) is 1.78. The lowest BCUT2D eigenvalue weighted by molar-refractivity contribution is 0.987. The van der Waals surface area contributed by atoms with Gasteiger partial charge in [-0.2, -0.15) is 10.2 Å². The summed E-state index contributed by atoms with van der Waals surface area (Å²) in [5, 5.41) is 8.05. The summed E-state index contributed by atoms with van der Waals surface area (Å²) < 4.78 is 0. The minimum atomic E-state index is 0.867. The first-order valence-electron chi connectivity index (χ1n) is 4.14. The zero-order valence-corrected chi connectivity index (χ0v) is 7.36. The third-order valence-corrected chi connectivity index (χ3v) is 1.78. The molecule has 0 aliphatic heterocycles. The van der Waals surface area contributed by atoms with Gasteiger partial charge in [0.05, 0.1) is 11.4 Å². The summed E-state index contributed by atoms with van der Waals surface area (Å²) >= 11 is 0. The molecule has 1 aromatic heterocycles. The van der Waals surface area contributed by atoms with E-state index in [2.05, 4.69) is 16.3 Å². The number of aromatic nitrogens is 2. The lowest BCUT2D eigenvalue weighted by Crippen LogP contribution is -1.88. The highest BCUT2D eigenvalue weighted by Crippen LogP contribution is 2.13. The molecule has 0 N–H and O–H groups in total. The van der Waals surface area contributed by atoms with Crippen LogP contribution in [0.4, 0.5) is 0 Å². The highest BCUT2D eigenvalue weighted by Gasteiger charge is 1.97. The first kappa shape index (κ1) is 7.92. The van der Waals surface area contributed by atoms with Crippen LogP contribution in [0.5, 0.6) is 0 Å². The lowest BCUT2D eigenvalue weighted by atomic mass is 10.1. The smallest absolute Gasteiger partial charge is 0.0936 e. The van der Waals surface area contributed by atoms with Gasteiger partial charge in [0.25, 0.3) is 0 Å². The fraction of sp³-hybridized carbons (Fsp3) is 0.0909. The van der Waals surface area contributed by atoms with Crippen LogP contribution in [0.15, 0.2) is 36.4 Å². The Balaban J connectivity index is 2.42. The Bertz CT molecular complexity index is 379. The molecule has 0 fully saturated rings. The fourth-order valence-electron chi connectivity index (χ4n) is 1.10. The molecule has 0 bridgehead atoms. The first-order chi connectivity index (χ1) is 6.36. The molecule has 0 aliphatic rings. The van der Waals surface area contributed by atoms with Crippen molar-refractivity contribution in [3.63, 3.8) is 0 Å². The molecule has 2 heteroatoms. The highest BCUT2D eigenvalue weighted by molar-refractivity contribution is 5.57. The highest BCUT2D eigenvalue weighted by atomic mass is 15.1. The third kappa shape index (κ3) is 1.72. The number of aryl methyl sites for hydroxylation is 1. The molecular weight excluding hydrogens is 160 g/mol. The van der Waals surface area contributed by atoms with Crippen LogP contribution in [-0.2, 0) is 0 Å². The molecule has 13 heavy (non-hydrogen) atoms. The van der Waals surface area contributed by atoms with Gasteiger partial charge in [-0.05, 0) is 25.1 Å². The van der Waals surface area contributed by atoms with Gasteiger partial charge in [0.15, 0.2) is 0 Å². The molecule has 2 nitrogen and oxygen atoms in total. The summed E-state index contributed by atoms with van der Waals surface area (Å²) in [6.07, 6.45) is 0. The molecule has 1 heterocycles. The molecule has 0 aliphatic carbocycles. The van der Waals surface area contributed by atoms with Crippen molar-refractivity contribution < 1.29 is 0 Å². The van der Waals surface area contributed by atoms with Gasteiger partial charge in [0, 0.05) is 5.56 Å². The van der Waals surface area contributed by atoms with Gasteiger partial charge >= 0.3 is 0 Å². The zero-order valence-electron chi connectivity index (χ0n) is 7.36. The fourth-order valence-corrected chi connectivity index (χ4v) is 1.10. The molecule has 0 unspecified atom stereocenters. The van der Waals surface area contributed by atoms with Crippen LogP contribution in [0.2, 0.25) is 0 Å². The van der Waals surface area contributed by atoms with Gasteiger partial charge in [-0.15, -0.1) is 0 Å². The quantitative estimate of drug-likeness (QED) is 0.654. The maximum atomic E-state index is 4.07. The van der Waals surface area contributed by atoms with Crippen LogP contribution in [0, 0.1) is 13.0 Å². The summed E-state index contributed by atoms with van der Waals surface area (Å²) in [7, 11) is 0. The summed E-state index contributed by atoms with van der Waals surface area (Å²) in [6, 6.07) is 14.7. The van der Waals surface area contributed by atoms with Crippen molar-refractivity contribution >= 4 is 0 Å². The number of hydrogen-bond donors (Lipinski definition) is 0. The van der Waals surface area contributed by atoms with Crippen molar-refractivity contribution in [3.05, 3.63) is 48.2 Å². The van der Waals surface area contributed by atoms with Gasteiger partial charge in [0.2, 0.25) is 0 Å². The molecule has 0 spiro atoms. The van der Waals surface area contributed by atoms with Gasteiger partial charge in [-0.25, -0.2) is 0 Å². The Labute approximate surface area is 77.3 Å². The van der Waals surface area contributed by atoms with Crippen LogP contribution in [0.1, 0.15) is 5.69 Å². The van der Waals surface area contributed by atoms with E-state index in [1.807, 2.05) is 43.3 Å². The largest absolute Gasteiger partial charge is 0.155 e. The van der Waals surface area contributed by atoms with Crippen LogP contribution in [-0.4, -0.2) is 10.2 Å². The van der Waals surface area contributed by atoms with Crippen molar-refractivity contribution in [2.24, 2.45) is 0 Å². The molecule has 2 rings (SSSR count). The molecule has 63 valence electrons. The molecule has 0 atom stereocenters. The standard InChI is InChI=1S/C11H9N2/c1-9-7-8-11(13-12-9)10-5-3-2-4-6-10/h2-5,7-8H,1H3. The topological polar surface area (TPSA) is 25.8 Å². The van der Waals surface area contributed by atoms with E-state index in [-0.39, 0.29) is 0 Å². The predicted octanol–water partition coefficient (Wildman–Crippen LogP) is 2.25. The van der Waals surface area contributed by atoms with E-state index >= 15 is 0 Å². The van der Waals surface area contributed by atoms with E-state index in [4.69, 9.17) is 0 Å². The monoisotopic (exact) mass is 169 g/mol. The van der Waals surface area contributed by atoms with Crippen molar-refractivity contribution in [3.8, 4) is 11.3 Å². The van der Waals surface area contributed by atoms with Crippen LogP contribution < -0.4 is 0 Å². The Hall–Kier alpha value is -1.70. The molecule has 0 amide bonds. The second kappa shape index (κ2) is 3.35. The zero-order chi connectivity index (χ0) is 9.10. The van der Waals surface area contributed by atoms with Gasteiger partial charge in [-0.3, -0.25) is 0 Å². The SMILES string of the molecule is Cc1ccc(-c2[c]cccc2)nn1. The first-order valence-corrected chi connectivity index (χ1v) is 4.14. The molecule has 0 saturated heterocycles. The number of nitrogens with zero attached hydrogens (tertiary/aromatic N) is 2. The number of benzene rings is 1. The van der Waals surface area contributed by atoms with E-state index in [0.29, 0.717) is 0 Å². The van der Waals surface area contributed by atoms with E-state index in [1.165, 1.54) is 0 Å². The summed E-state index contributed by atoms with van der Waals surface area (Å²) in [5.41, 5.74) is 2.78. The molecule has 1 aromatic carbocycles. The number of rotatable bonds is 1. The second-order valence-electron chi connectivity index (χ2n) is 2.84. The van der Waals surface area contributed by atoms with E-state index in [1.54, 1.807) is 0 Å². The van der Waals surface area contributed by atoms with Crippen LogP contribution in [0.3, 0.4) is 0 Å². The second-order valence-corrected chi connectivity index (χ2v) is 2.84. The van der Waals surface area contributed by atoms with Crippen molar-refractivity contribution in [1.29, 1.82) is 0 Å². The molecule has 1 radical (unpaired) electrons. The minimum absolute atomic E-state index is 0.867. The molecule has 0 saturated carbocycles. The Kier molecular flexibility index (Phi) is 2.04.